The molecule has 0 aliphatic carbocycles. The molecule has 4 rings (SSSR count). The van der Waals surface area contributed by atoms with Crippen molar-refractivity contribution in [1.82, 2.24) is 9.97 Å². The van der Waals surface area contributed by atoms with Gasteiger partial charge < -0.3 is 35.4 Å². The molecule has 28 heteroatoms. The van der Waals surface area contributed by atoms with Crippen LogP contribution in [-0.4, -0.2) is 127 Å². The third kappa shape index (κ3) is 21.0. The lowest BCUT2D eigenvalue weighted by atomic mass is 9.98. The topological polar surface area (TPSA) is 407 Å². The fourth-order valence-electron chi connectivity index (χ4n) is 4.44. The number of ether oxygens (including phenoxy) is 5. The van der Waals surface area contributed by atoms with E-state index in [1.54, 1.807) is 60.9 Å². The highest BCUT2D eigenvalue weighted by atomic mass is 32.3. The predicted molar refractivity (Wildman–Crippen MR) is 209 cm³/mol. The average molecular weight is 907 g/mol. The summed E-state index contributed by atoms with van der Waals surface area (Å²) in [6.45, 7) is 0.808. The van der Waals surface area contributed by atoms with Gasteiger partial charge in [0.05, 0.1) is 51.0 Å². The van der Waals surface area contributed by atoms with E-state index in [1.807, 2.05) is 0 Å². The number of carbonyl (C=O) groups is 2. The lowest BCUT2D eigenvalue weighted by Gasteiger charge is -2.16. The van der Waals surface area contributed by atoms with E-state index in [-0.39, 0.29) is 38.0 Å². The third-order valence-corrected chi connectivity index (χ3v) is 6.44. The van der Waals surface area contributed by atoms with Crippen LogP contribution in [0.2, 0.25) is 0 Å². The number of pyridine rings is 2. The molecule has 2 aromatic carbocycles. The number of hydrogen-bond acceptors (Lipinski definition) is 19. The SMILES string of the molecule is COc1c(OCCOCCOc2ccc(C(=O)c3cccnc3)c(C=NN)c2OC)ccc(C(=O)c2cccnc2)c1C=NN.O=S(=O)(O)O.O=S(=O)(O)O.O=S(=O)(O)O. The maximum atomic E-state index is 13.1. The van der Waals surface area contributed by atoms with Crippen LogP contribution in [0.25, 0.3) is 0 Å². The Balaban J connectivity index is 0.00000103. The summed E-state index contributed by atoms with van der Waals surface area (Å²) < 4.78 is 123. The Kier molecular flexibility index (Phi) is 21.9. The minimum atomic E-state index is -4.67. The molecule has 0 atom stereocenters. The second-order valence-electron chi connectivity index (χ2n) is 10.5. The van der Waals surface area contributed by atoms with Crippen LogP contribution < -0.4 is 30.6 Å². The number of methoxy groups -OCH3 is 2. The lowest BCUT2D eigenvalue weighted by Crippen LogP contribution is -2.14. The van der Waals surface area contributed by atoms with Crippen LogP contribution in [0.4, 0.5) is 0 Å². The Labute approximate surface area is 342 Å². The zero-order chi connectivity index (χ0) is 45.5. The van der Waals surface area contributed by atoms with Gasteiger partial charge in [-0.2, -0.15) is 35.5 Å². The monoisotopic (exact) mass is 906 g/mol. The van der Waals surface area contributed by atoms with Gasteiger partial charge in [-0.05, 0) is 48.5 Å². The fourth-order valence-corrected chi connectivity index (χ4v) is 4.44. The summed E-state index contributed by atoms with van der Waals surface area (Å²) in [5, 5.41) is 7.19. The Bertz CT molecular complexity index is 2190. The number of rotatable bonds is 16. The van der Waals surface area contributed by atoms with Crippen LogP contribution in [0.5, 0.6) is 23.0 Å². The molecule has 25 nitrogen and oxygen atoms in total. The Morgan fingerprint density at radius 2 is 0.933 bits per heavy atom. The number of aromatic nitrogens is 2. The normalized spacial score (nSPS) is 11.2. The molecule has 2 heterocycles. The predicted octanol–water partition coefficient (Wildman–Crippen LogP) is 1.06. The first-order valence-electron chi connectivity index (χ1n) is 15.7. The van der Waals surface area contributed by atoms with Gasteiger partial charge in [0.25, 0.3) is 0 Å². The van der Waals surface area contributed by atoms with Crippen molar-refractivity contribution in [1.29, 1.82) is 0 Å². The van der Waals surface area contributed by atoms with Crippen molar-refractivity contribution in [3.8, 4) is 23.0 Å². The molecule has 0 saturated heterocycles. The van der Waals surface area contributed by atoms with Crippen LogP contribution in [0.3, 0.4) is 0 Å². The summed E-state index contributed by atoms with van der Waals surface area (Å²) in [7, 11) is -11.1. The molecule has 0 saturated carbocycles. The van der Waals surface area contributed by atoms with Gasteiger partial charge in [-0.15, -0.1) is 0 Å². The summed E-state index contributed by atoms with van der Waals surface area (Å²) >= 11 is 0. The van der Waals surface area contributed by atoms with Gasteiger partial charge >= 0.3 is 31.2 Å². The molecular weight excluding hydrogens is 869 g/mol. The number of hydrazone groups is 2. The first kappa shape index (κ1) is 51.8. The van der Waals surface area contributed by atoms with Crippen molar-refractivity contribution in [3.05, 3.63) is 107 Å². The summed E-state index contributed by atoms with van der Waals surface area (Å²) in [6, 6.07) is 13.2. The van der Waals surface area contributed by atoms with Gasteiger partial charge in [-0.3, -0.25) is 46.9 Å². The van der Waals surface area contributed by atoms with Gasteiger partial charge in [0, 0.05) is 47.0 Å². The van der Waals surface area contributed by atoms with E-state index >= 15 is 0 Å². The highest BCUT2D eigenvalue weighted by Crippen LogP contribution is 2.35. The van der Waals surface area contributed by atoms with Crippen molar-refractivity contribution in [2.24, 2.45) is 21.9 Å². The summed E-state index contributed by atoms with van der Waals surface area (Å²) in [5.41, 5.74) is 2.24. The van der Waals surface area contributed by atoms with E-state index in [0.717, 1.165) is 0 Å². The second kappa shape index (κ2) is 25.3. The first-order valence-corrected chi connectivity index (χ1v) is 19.9. The van der Waals surface area contributed by atoms with Crippen LogP contribution in [0.1, 0.15) is 43.0 Å². The fraction of sp³-hybridized carbons (Fsp3) is 0.188. The van der Waals surface area contributed by atoms with Crippen molar-refractivity contribution < 1.29 is 85.8 Å². The molecular formula is C32H38N6O19S3. The van der Waals surface area contributed by atoms with E-state index in [9.17, 15) is 9.59 Å². The highest BCUT2D eigenvalue weighted by molar-refractivity contribution is 7.80. The van der Waals surface area contributed by atoms with Crippen LogP contribution >= 0.6 is 0 Å². The molecule has 4 aromatic rings. The van der Waals surface area contributed by atoms with Gasteiger partial charge in [-0.1, -0.05) is 0 Å². The molecule has 0 amide bonds. The molecule has 0 bridgehead atoms. The van der Waals surface area contributed by atoms with Crippen LogP contribution in [0, 0.1) is 0 Å². The van der Waals surface area contributed by atoms with Crippen LogP contribution in [0.15, 0.2) is 83.5 Å². The first-order chi connectivity index (χ1) is 28.0. The Morgan fingerprint density at radius 3 is 1.20 bits per heavy atom. The second-order valence-corrected chi connectivity index (χ2v) is 13.2. The standard InChI is InChI=1S/C32H32N6O7.3H2O4S/c1-41-31-25(19-37-33)23(29(39)21-5-3-11-35-17-21)7-9-27(31)44-15-13-43-14-16-45-28-10-8-24(26(20-38-34)32(28)42-2)30(40)22-6-4-12-36-18-22;3*1-5(2,3)4/h3-12,17-20H,13-16,33-34H2,1-2H3;3*(H2,1,2,3,4). The molecule has 0 aliphatic heterocycles. The lowest BCUT2D eigenvalue weighted by molar-refractivity contribution is 0.0750. The average Bonchev–Trinajstić information content (AvgIpc) is 3.16. The molecule has 0 spiro atoms. The van der Waals surface area contributed by atoms with Crippen molar-refractivity contribution in [2.45, 2.75) is 0 Å². The number of hydrogen-bond donors (Lipinski definition) is 8. The van der Waals surface area contributed by atoms with E-state index in [0.29, 0.717) is 56.4 Å². The van der Waals surface area contributed by atoms with Gasteiger partial charge in [-0.25, -0.2) is 0 Å². The molecule has 60 heavy (non-hydrogen) atoms. The van der Waals surface area contributed by atoms with Gasteiger partial charge in [0.15, 0.2) is 34.6 Å². The molecule has 0 radical (unpaired) electrons. The minimum Gasteiger partial charge on any atom is -0.492 e. The Hall–Kier alpha value is -6.21. The molecule has 2 aromatic heterocycles. The van der Waals surface area contributed by atoms with E-state index in [1.165, 1.54) is 39.0 Å². The number of benzene rings is 2. The molecule has 0 aliphatic rings. The maximum absolute atomic E-state index is 13.1. The summed E-state index contributed by atoms with van der Waals surface area (Å²) in [5.74, 6) is 11.7. The molecule has 0 fully saturated rings. The largest absolute Gasteiger partial charge is 0.492 e. The van der Waals surface area contributed by atoms with Gasteiger partial charge in [0.2, 0.25) is 0 Å². The molecule has 328 valence electrons. The Morgan fingerprint density at radius 1 is 0.600 bits per heavy atom. The summed E-state index contributed by atoms with van der Waals surface area (Å²) in [6.07, 6.45) is 8.80. The van der Waals surface area contributed by atoms with Crippen molar-refractivity contribution in [3.63, 3.8) is 0 Å². The van der Waals surface area contributed by atoms with E-state index < -0.39 is 31.2 Å². The summed E-state index contributed by atoms with van der Waals surface area (Å²) in [4.78, 5) is 34.2. The number of nitrogens with zero attached hydrogens (tertiary/aromatic N) is 4. The zero-order valence-corrected chi connectivity index (χ0v) is 33.5. The number of carbonyl (C=O) groups excluding carboxylic acids is 2. The van der Waals surface area contributed by atoms with E-state index in [4.69, 9.17) is 87.9 Å². The molecule has 0 unspecified atom stereocenters. The number of ketones is 2. The number of nitrogens with two attached hydrogens (primary N) is 2. The zero-order valence-electron chi connectivity index (χ0n) is 31.1. The smallest absolute Gasteiger partial charge is 0.394 e. The van der Waals surface area contributed by atoms with Crippen molar-refractivity contribution in [2.75, 3.05) is 40.6 Å². The van der Waals surface area contributed by atoms with Crippen LogP contribution in [-0.2, 0) is 35.9 Å². The van der Waals surface area contributed by atoms with E-state index in [2.05, 4.69) is 20.2 Å². The maximum Gasteiger partial charge on any atom is 0.394 e. The van der Waals surface area contributed by atoms with Gasteiger partial charge in [0.1, 0.15) is 13.2 Å². The van der Waals surface area contributed by atoms with Crippen molar-refractivity contribution >= 4 is 55.2 Å². The molecule has 10 N–H and O–H groups in total. The highest BCUT2D eigenvalue weighted by Gasteiger charge is 2.22. The quantitative estimate of drug-likeness (QED) is 0.0194. The minimum absolute atomic E-state index is 0.178. The third-order valence-electron chi connectivity index (χ3n) is 6.44.